The first kappa shape index (κ1) is 17.3. The van der Waals surface area contributed by atoms with E-state index >= 15 is 0 Å². The Labute approximate surface area is 144 Å². The van der Waals surface area contributed by atoms with Gasteiger partial charge in [-0.1, -0.05) is 12.1 Å². The highest BCUT2D eigenvalue weighted by atomic mass is 32.2. The summed E-state index contributed by atoms with van der Waals surface area (Å²) in [7, 11) is 1.81. The third kappa shape index (κ3) is 3.45. The van der Waals surface area contributed by atoms with Gasteiger partial charge in [-0.25, -0.2) is 4.39 Å². The molecule has 0 radical (unpaired) electrons. The van der Waals surface area contributed by atoms with Crippen molar-refractivity contribution < 1.29 is 17.6 Å². The molecule has 2 atom stereocenters. The molecule has 0 saturated carbocycles. The molecule has 0 spiro atoms. The Kier molecular flexibility index (Phi) is 4.64. The van der Waals surface area contributed by atoms with Gasteiger partial charge in [0.1, 0.15) is 17.1 Å². The smallest absolute Gasteiger partial charge is 0.377 e. The Balaban J connectivity index is 2.00. The summed E-state index contributed by atoms with van der Waals surface area (Å²) in [5.41, 5.74) is -3.91. The number of benzene rings is 1. The van der Waals surface area contributed by atoms with E-state index in [0.717, 1.165) is 11.3 Å². The summed E-state index contributed by atoms with van der Waals surface area (Å²) < 4.78 is 52.9. The molecule has 2 aromatic rings. The summed E-state index contributed by atoms with van der Waals surface area (Å²) in [6.07, 6.45) is -1.05. The van der Waals surface area contributed by atoms with E-state index in [0.29, 0.717) is 28.9 Å². The third-order valence-electron chi connectivity index (χ3n) is 3.76. The van der Waals surface area contributed by atoms with E-state index in [1.807, 2.05) is 18.0 Å². The van der Waals surface area contributed by atoms with Crippen LogP contribution in [0, 0.1) is 11.3 Å². The van der Waals surface area contributed by atoms with Crippen molar-refractivity contribution >= 4 is 38.9 Å². The minimum Gasteiger partial charge on any atom is -0.377 e. The highest BCUT2D eigenvalue weighted by Crippen LogP contribution is 2.47. The van der Waals surface area contributed by atoms with Gasteiger partial charge in [0.25, 0.3) is 0 Å². The molecule has 9 heteroatoms. The van der Waals surface area contributed by atoms with Gasteiger partial charge in [-0.2, -0.15) is 18.4 Å². The number of thiophene rings is 1. The van der Waals surface area contributed by atoms with E-state index < -0.39 is 17.7 Å². The number of halogens is 4. The quantitative estimate of drug-likeness (QED) is 0.636. The van der Waals surface area contributed by atoms with Crippen LogP contribution < -0.4 is 5.32 Å². The van der Waals surface area contributed by atoms with Crippen LogP contribution in [0.1, 0.15) is 4.88 Å². The van der Waals surface area contributed by atoms with Gasteiger partial charge in [0, 0.05) is 18.5 Å². The second-order valence-corrected chi connectivity index (χ2v) is 7.69. The molecule has 24 heavy (non-hydrogen) atoms. The number of nitriles is 1. The summed E-state index contributed by atoms with van der Waals surface area (Å²) in [4.78, 5) is 1.78. The zero-order chi connectivity index (χ0) is 17.5. The van der Waals surface area contributed by atoms with Crippen molar-refractivity contribution in [3.05, 3.63) is 23.1 Å². The Morgan fingerprint density at radius 1 is 1.38 bits per heavy atom. The summed E-state index contributed by atoms with van der Waals surface area (Å²) in [5.74, 6) is 0. The molecule has 0 bridgehead atoms. The van der Waals surface area contributed by atoms with E-state index in [1.165, 1.54) is 0 Å². The second kappa shape index (κ2) is 6.43. The SMILES string of the molecule is CN1C[C@H](F)[C@H](Nc2cccc3c(SC(F)(F)F)c(C#N)sc23)C1. The standard InChI is InChI=1S/C15H13F4N3S2/c1-22-6-9(16)11(7-22)21-10-4-2-3-8-13(10)23-12(5-20)14(8)24-15(17,18)19/h2-4,9,11,21H,6-7H2,1H3/t9-,11+/m0/s1. The number of nitrogens with zero attached hydrogens (tertiary/aromatic N) is 2. The van der Waals surface area contributed by atoms with Gasteiger partial charge in [-0.3, -0.25) is 0 Å². The predicted octanol–water partition coefficient (Wildman–Crippen LogP) is 4.45. The fourth-order valence-electron chi connectivity index (χ4n) is 2.79. The van der Waals surface area contributed by atoms with Gasteiger partial charge in [-0.05, 0) is 24.9 Å². The number of thioether (sulfide) groups is 1. The molecule has 1 aromatic heterocycles. The van der Waals surface area contributed by atoms with Crippen LogP contribution in [0.15, 0.2) is 23.1 Å². The molecule has 0 aliphatic carbocycles. The van der Waals surface area contributed by atoms with Crippen LogP contribution >= 0.6 is 23.1 Å². The number of likely N-dealkylation sites (N-methyl/N-ethyl adjacent to an activating group) is 1. The number of fused-ring (bicyclic) bond motifs is 1. The van der Waals surface area contributed by atoms with Crippen LogP contribution in [-0.2, 0) is 0 Å². The van der Waals surface area contributed by atoms with Crippen molar-refractivity contribution in [1.29, 1.82) is 5.26 Å². The van der Waals surface area contributed by atoms with E-state index in [4.69, 9.17) is 5.26 Å². The molecule has 1 aliphatic rings. The third-order valence-corrected chi connectivity index (χ3v) is 5.89. The van der Waals surface area contributed by atoms with Gasteiger partial charge in [-0.15, -0.1) is 11.3 Å². The van der Waals surface area contributed by atoms with Crippen molar-refractivity contribution in [3.63, 3.8) is 0 Å². The molecule has 0 unspecified atom stereocenters. The normalized spacial score (nSPS) is 22.0. The average molecular weight is 375 g/mol. The van der Waals surface area contributed by atoms with Crippen molar-refractivity contribution in [3.8, 4) is 6.07 Å². The lowest BCUT2D eigenvalue weighted by Crippen LogP contribution is -2.29. The molecule has 1 aliphatic heterocycles. The number of likely N-dealkylation sites (tertiary alicyclic amines) is 1. The number of hydrogen-bond acceptors (Lipinski definition) is 5. The van der Waals surface area contributed by atoms with Gasteiger partial charge in [0.2, 0.25) is 0 Å². The molecule has 1 fully saturated rings. The van der Waals surface area contributed by atoms with Gasteiger partial charge >= 0.3 is 5.51 Å². The molecule has 3 rings (SSSR count). The summed E-state index contributed by atoms with van der Waals surface area (Å²) >= 11 is 0.714. The number of rotatable bonds is 3. The first-order valence-corrected chi connectivity index (χ1v) is 8.72. The molecule has 1 N–H and O–H groups in total. The maximum atomic E-state index is 14.0. The second-order valence-electron chi connectivity index (χ2n) is 5.59. The fourth-order valence-corrected chi connectivity index (χ4v) is 4.72. The highest BCUT2D eigenvalue weighted by molar-refractivity contribution is 8.00. The number of alkyl halides is 4. The summed E-state index contributed by atoms with van der Waals surface area (Å²) in [6, 6.07) is 6.28. The van der Waals surface area contributed by atoms with Crippen LogP contribution in [0.5, 0.6) is 0 Å². The monoisotopic (exact) mass is 375 g/mol. The Bertz CT molecular complexity index is 796. The van der Waals surface area contributed by atoms with Crippen molar-refractivity contribution in [2.75, 3.05) is 25.5 Å². The maximum Gasteiger partial charge on any atom is 0.446 e. The number of anilines is 1. The first-order chi connectivity index (χ1) is 11.3. The van der Waals surface area contributed by atoms with Gasteiger partial charge in [0.15, 0.2) is 0 Å². The molecular formula is C15H13F4N3S2. The van der Waals surface area contributed by atoms with E-state index in [1.54, 1.807) is 18.2 Å². The molecule has 3 nitrogen and oxygen atoms in total. The van der Waals surface area contributed by atoms with Crippen molar-refractivity contribution in [2.45, 2.75) is 22.6 Å². The maximum absolute atomic E-state index is 14.0. The zero-order valence-electron chi connectivity index (χ0n) is 12.5. The van der Waals surface area contributed by atoms with E-state index in [2.05, 4.69) is 5.32 Å². The minimum atomic E-state index is -4.47. The van der Waals surface area contributed by atoms with Crippen LogP contribution in [0.3, 0.4) is 0 Å². The average Bonchev–Trinajstić information content (AvgIpc) is 2.99. The van der Waals surface area contributed by atoms with Crippen molar-refractivity contribution in [2.24, 2.45) is 0 Å². The summed E-state index contributed by atoms with van der Waals surface area (Å²) in [6.45, 7) is 0.828. The van der Waals surface area contributed by atoms with Gasteiger partial charge < -0.3 is 10.2 Å². The van der Waals surface area contributed by atoms with Crippen molar-refractivity contribution in [1.82, 2.24) is 4.90 Å². The predicted molar refractivity (Wildman–Crippen MR) is 88.3 cm³/mol. The lowest BCUT2D eigenvalue weighted by Gasteiger charge is -2.16. The van der Waals surface area contributed by atoms with Gasteiger partial charge in [0.05, 0.1) is 21.3 Å². The molecule has 1 saturated heterocycles. The highest BCUT2D eigenvalue weighted by Gasteiger charge is 2.34. The Morgan fingerprint density at radius 2 is 2.12 bits per heavy atom. The number of nitrogens with one attached hydrogen (secondary N) is 1. The number of hydrogen-bond donors (Lipinski definition) is 1. The zero-order valence-corrected chi connectivity index (χ0v) is 14.2. The van der Waals surface area contributed by atoms with E-state index in [9.17, 15) is 17.6 Å². The summed E-state index contributed by atoms with van der Waals surface area (Å²) in [5, 5.41) is 12.6. The lowest BCUT2D eigenvalue weighted by atomic mass is 10.2. The Hall–Kier alpha value is -1.50. The fraction of sp³-hybridized carbons (Fsp3) is 0.400. The van der Waals surface area contributed by atoms with Crippen LogP contribution in [0.4, 0.5) is 23.2 Å². The lowest BCUT2D eigenvalue weighted by molar-refractivity contribution is -0.0327. The van der Waals surface area contributed by atoms with Crippen LogP contribution in [0.2, 0.25) is 0 Å². The van der Waals surface area contributed by atoms with E-state index in [-0.39, 0.29) is 21.5 Å². The first-order valence-electron chi connectivity index (χ1n) is 7.09. The minimum absolute atomic E-state index is 0.0157. The topological polar surface area (TPSA) is 39.1 Å². The largest absolute Gasteiger partial charge is 0.446 e. The molecule has 2 heterocycles. The Morgan fingerprint density at radius 3 is 2.71 bits per heavy atom. The molecular weight excluding hydrogens is 362 g/mol. The molecule has 1 aromatic carbocycles. The van der Waals surface area contributed by atoms with Crippen LogP contribution in [-0.4, -0.2) is 42.8 Å². The van der Waals surface area contributed by atoms with Crippen LogP contribution in [0.25, 0.3) is 10.1 Å². The molecule has 0 amide bonds. The molecule has 128 valence electrons.